The Morgan fingerprint density at radius 2 is 1.96 bits per heavy atom. The second kappa shape index (κ2) is 6.43. The lowest BCUT2D eigenvalue weighted by Crippen LogP contribution is -2.28. The summed E-state index contributed by atoms with van der Waals surface area (Å²) >= 11 is 2.33. The summed E-state index contributed by atoms with van der Waals surface area (Å²) in [4.78, 5) is 4.38. The van der Waals surface area contributed by atoms with Crippen molar-refractivity contribution in [2.75, 3.05) is 12.4 Å². The highest BCUT2D eigenvalue weighted by Gasteiger charge is 2.31. The van der Waals surface area contributed by atoms with E-state index in [1.165, 1.54) is 9.13 Å². The summed E-state index contributed by atoms with van der Waals surface area (Å²) < 4.78 is 8.74. The number of ether oxygens (including phenoxy) is 1. The third-order valence-corrected chi connectivity index (χ3v) is 5.12. The van der Waals surface area contributed by atoms with E-state index in [0.29, 0.717) is 0 Å². The Bertz CT molecular complexity index is 846. The van der Waals surface area contributed by atoms with Gasteiger partial charge in [-0.25, -0.2) is 4.68 Å². The average molecular weight is 432 g/mol. The van der Waals surface area contributed by atoms with Crippen LogP contribution in [0.2, 0.25) is 0 Å². The van der Waals surface area contributed by atoms with Crippen molar-refractivity contribution in [3.8, 4) is 5.75 Å². The first-order valence-electron chi connectivity index (χ1n) is 7.80. The van der Waals surface area contributed by atoms with E-state index in [0.717, 1.165) is 23.7 Å². The Morgan fingerprint density at radius 1 is 1.17 bits per heavy atom. The highest BCUT2D eigenvalue weighted by atomic mass is 127. The van der Waals surface area contributed by atoms with E-state index in [1.54, 1.807) is 13.4 Å². The fourth-order valence-corrected chi connectivity index (χ4v) is 3.59. The van der Waals surface area contributed by atoms with E-state index in [4.69, 9.17) is 4.74 Å². The summed E-state index contributed by atoms with van der Waals surface area (Å²) in [7, 11) is 1.71. The molecule has 0 saturated heterocycles. The standard InChI is InChI=1S/C18H17IN4O/c1-24-17-5-3-2-4-14(17)16-10-15(12-6-8-13(19)9-7-12)22-18-20-11-21-23(16)18/h2-9,11,15-16H,10H2,1H3,(H,20,21,22)/t15-,16+/m0/s1. The van der Waals surface area contributed by atoms with E-state index >= 15 is 0 Å². The SMILES string of the molecule is COc1ccccc1[C@H]1C[C@@H](c2ccc(I)cc2)Nc2ncnn21. The Balaban J connectivity index is 1.75. The van der Waals surface area contributed by atoms with Gasteiger partial charge >= 0.3 is 0 Å². The zero-order valence-corrected chi connectivity index (χ0v) is 15.3. The van der Waals surface area contributed by atoms with Crippen molar-refractivity contribution in [2.24, 2.45) is 0 Å². The number of aromatic nitrogens is 3. The van der Waals surface area contributed by atoms with E-state index < -0.39 is 0 Å². The van der Waals surface area contributed by atoms with Gasteiger partial charge in [-0.05, 0) is 52.8 Å². The molecule has 0 fully saturated rings. The molecule has 1 N–H and O–H groups in total. The third kappa shape index (κ3) is 2.75. The van der Waals surface area contributed by atoms with Crippen LogP contribution in [0.4, 0.5) is 5.95 Å². The van der Waals surface area contributed by atoms with Crippen molar-refractivity contribution in [3.63, 3.8) is 0 Å². The molecule has 0 radical (unpaired) electrons. The molecule has 1 aromatic heterocycles. The zero-order chi connectivity index (χ0) is 16.5. The molecule has 1 aliphatic heterocycles. The molecule has 4 rings (SSSR count). The number of hydrogen-bond acceptors (Lipinski definition) is 4. The second-order valence-electron chi connectivity index (χ2n) is 5.77. The molecule has 6 heteroatoms. The number of methoxy groups -OCH3 is 1. The largest absolute Gasteiger partial charge is 0.496 e. The molecular weight excluding hydrogens is 415 g/mol. The van der Waals surface area contributed by atoms with Gasteiger partial charge in [0.25, 0.3) is 0 Å². The maximum Gasteiger partial charge on any atom is 0.222 e. The van der Waals surface area contributed by atoms with Gasteiger partial charge in [0.05, 0.1) is 19.2 Å². The van der Waals surface area contributed by atoms with Crippen molar-refractivity contribution < 1.29 is 4.74 Å². The lowest BCUT2D eigenvalue weighted by atomic mass is 9.93. The maximum absolute atomic E-state index is 5.56. The normalized spacial score (nSPS) is 19.4. The Labute approximate surface area is 154 Å². The van der Waals surface area contributed by atoms with E-state index in [1.807, 2.05) is 22.9 Å². The molecule has 0 unspecified atom stereocenters. The molecule has 2 atom stereocenters. The topological polar surface area (TPSA) is 52.0 Å². The van der Waals surface area contributed by atoms with Gasteiger partial charge in [-0.1, -0.05) is 30.3 Å². The lowest BCUT2D eigenvalue weighted by molar-refractivity contribution is 0.380. The average Bonchev–Trinajstić information content (AvgIpc) is 3.10. The van der Waals surface area contributed by atoms with Crippen LogP contribution < -0.4 is 10.1 Å². The fourth-order valence-electron chi connectivity index (χ4n) is 3.23. The van der Waals surface area contributed by atoms with Crippen molar-refractivity contribution in [2.45, 2.75) is 18.5 Å². The quantitative estimate of drug-likeness (QED) is 0.635. The van der Waals surface area contributed by atoms with Gasteiger partial charge in [0.2, 0.25) is 5.95 Å². The predicted molar refractivity (Wildman–Crippen MR) is 101 cm³/mol. The van der Waals surface area contributed by atoms with Crippen LogP contribution in [0.15, 0.2) is 54.9 Å². The number of benzene rings is 2. The van der Waals surface area contributed by atoms with E-state index in [-0.39, 0.29) is 12.1 Å². The van der Waals surface area contributed by atoms with Gasteiger partial charge in [0, 0.05) is 9.13 Å². The first kappa shape index (κ1) is 15.4. The number of fused-ring (bicyclic) bond motifs is 1. The molecule has 0 aliphatic carbocycles. The highest BCUT2D eigenvalue weighted by Crippen LogP contribution is 2.40. The summed E-state index contributed by atoms with van der Waals surface area (Å²) in [6.07, 6.45) is 2.48. The van der Waals surface area contributed by atoms with Crippen molar-refractivity contribution in [1.82, 2.24) is 14.8 Å². The minimum absolute atomic E-state index is 0.0872. The fraction of sp³-hybridized carbons (Fsp3) is 0.222. The molecule has 0 amide bonds. The Hall–Kier alpha value is -2.09. The van der Waals surface area contributed by atoms with Crippen LogP contribution in [-0.2, 0) is 0 Å². The lowest BCUT2D eigenvalue weighted by Gasteiger charge is -2.32. The summed E-state index contributed by atoms with van der Waals surface area (Å²) in [6.45, 7) is 0. The summed E-state index contributed by atoms with van der Waals surface area (Å²) in [5.74, 6) is 1.67. The number of anilines is 1. The van der Waals surface area contributed by atoms with Crippen LogP contribution in [0.1, 0.15) is 29.6 Å². The summed E-state index contributed by atoms with van der Waals surface area (Å²) in [6, 6.07) is 17.0. The molecule has 0 saturated carbocycles. The van der Waals surface area contributed by atoms with Gasteiger partial charge < -0.3 is 10.1 Å². The first-order valence-corrected chi connectivity index (χ1v) is 8.88. The van der Waals surface area contributed by atoms with Crippen LogP contribution in [-0.4, -0.2) is 21.9 Å². The first-order chi connectivity index (χ1) is 11.8. The second-order valence-corrected chi connectivity index (χ2v) is 7.02. The number of rotatable bonds is 3. The van der Waals surface area contributed by atoms with Gasteiger partial charge in [-0.3, -0.25) is 0 Å². The minimum Gasteiger partial charge on any atom is -0.496 e. The molecule has 0 spiro atoms. The molecular formula is C18H17IN4O. The monoisotopic (exact) mass is 432 g/mol. The molecule has 3 aromatic rings. The van der Waals surface area contributed by atoms with Crippen molar-refractivity contribution in [3.05, 3.63) is 69.6 Å². The third-order valence-electron chi connectivity index (χ3n) is 4.40. The highest BCUT2D eigenvalue weighted by molar-refractivity contribution is 14.1. The maximum atomic E-state index is 5.56. The molecule has 24 heavy (non-hydrogen) atoms. The van der Waals surface area contributed by atoms with Gasteiger partial charge in [0.15, 0.2) is 0 Å². The number of nitrogens with zero attached hydrogens (tertiary/aromatic N) is 3. The minimum atomic E-state index is 0.0872. The molecule has 122 valence electrons. The molecule has 5 nitrogen and oxygen atoms in total. The number of para-hydroxylation sites is 1. The predicted octanol–water partition coefficient (Wildman–Crippen LogP) is 4.04. The van der Waals surface area contributed by atoms with Crippen molar-refractivity contribution in [1.29, 1.82) is 0 Å². The van der Waals surface area contributed by atoms with Gasteiger partial charge in [-0.2, -0.15) is 10.1 Å². The summed E-state index contributed by atoms with van der Waals surface area (Å²) in [5.41, 5.74) is 2.38. The van der Waals surface area contributed by atoms with Gasteiger partial charge in [-0.15, -0.1) is 0 Å². The Kier molecular flexibility index (Phi) is 4.13. The van der Waals surface area contributed by atoms with Crippen LogP contribution in [0.25, 0.3) is 0 Å². The number of hydrogen-bond donors (Lipinski definition) is 1. The van der Waals surface area contributed by atoms with Crippen LogP contribution >= 0.6 is 22.6 Å². The van der Waals surface area contributed by atoms with E-state index in [9.17, 15) is 0 Å². The number of nitrogens with one attached hydrogen (secondary N) is 1. The molecule has 2 aromatic carbocycles. The van der Waals surface area contributed by atoms with Crippen molar-refractivity contribution >= 4 is 28.5 Å². The van der Waals surface area contributed by atoms with Gasteiger partial charge in [0.1, 0.15) is 12.1 Å². The van der Waals surface area contributed by atoms with Crippen LogP contribution in [0.5, 0.6) is 5.75 Å². The van der Waals surface area contributed by atoms with E-state index in [2.05, 4.69) is 68.3 Å². The van der Waals surface area contributed by atoms with Crippen LogP contribution in [0, 0.1) is 3.57 Å². The smallest absolute Gasteiger partial charge is 0.222 e. The zero-order valence-electron chi connectivity index (χ0n) is 13.2. The molecule has 0 bridgehead atoms. The number of halogens is 1. The summed E-state index contributed by atoms with van der Waals surface area (Å²) in [5, 5.41) is 7.91. The Morgan fingerprint density at radius 3 is 2.75 bits per heavy atom. The van der Waals surface area contributed by atoms with Crippen LogP contribution in [0.3, 0.4) is 0 Å². The molecule has 1 aliphatic rings. The molecule has 2 heterocycles.